The molecule has 0 aliphatic carbocycles. The van der Waals surface area contributed by atoms with Crippen LogP contribution in [-0.2, 0) is 0 Å². The fourth-order valence-corrected chi connectivity index (χ4v) is 0.313. The Hall–Kier alpha value is 0.496. The monoisotopic (exact) mass is 173 g/mol. The van der Waals surface area contributed by atoms with Crippen LogP contribution in [0.3, 0.4) is 0 Å². The standard InChI is InChI=1S/C5H5N.2ClH.Mg/c1-2-4-6-5-3-1;;;/h1-5H;2*1H;/q;;;+2/p-2. The van der Waals surface area contributed by atoms with Crippen LogP contribution in [0.1, 0.15) is 0 Å². The summed E-state index contributed by atoms with van der Waals surface area (Å²) in [5.74, 6) is 0. The Kier molecular flexibility index (Phi) is 20.4. The molecule has 4 heteroatoms. The van der Waals surface area contributed by atoms with Gasteiger partial charge in [0.15, 0.2) is 0 Å². The molecule has 0 saturated carbocycles. The van der Waals surface area contributed by atoms with Crippen molar-refractivity contribution in [3.05, 3.63) is 30.6 Å². The molecule has 0 amide bonds. The molecule has 0 aliphatic rings. The number of nitrogens with zero attached hydrogens (tertiary/aromatic N) is 1. The summed E-state index contributed by atoms with van der Waals surface area (Å²) in [7, 11) is 0. The number of rotatable bonds is 0. The first-order chi connectivity index (χ1) is 3.00. The molecule has 1 heterocycles. The maximum atomic E-state index is 3.78. The van der Waals surface area contributed by atoms with E-state index in [1.165, 1.54) is 0 Å². The van der Waals surface area contributed by atoms with Crippen LogP contribution in [-0.4, -0.2) is 28.0 Å². The van der Waals surface area contributed by atoms with Gasteiger partial charge in [0.05, 0.1) is 0 Å². The number of halogens is 2. The summed E-state index contributed by atoms with van der Waals surface area (Å²) in [5.41, 5.74) is 0. The molecule has 0 fully saturated rings. The summed E-state index contributed by atoms with van der Waals surface area (Å²) >= 11 is 0. The third-order valence-corrected chi connectivity index (χ3v) is 0.566. The third-order valence-electron chi connectivity index (χ3n) is 0.566. The van der Waals surface area contributed by atoms with Gasteiger partial charge in [-0.15, -0.1) is 0 Å². The first-order valence-corrected chi connectivity index (χ1v) is 1.85. The van der Waals surface area contributed by atoms with Gasteiger partial charge in [-0.3, -0.25) is 4.98 Å². The maximum Gasteiger partial charge on any atom is 2.00 e. The van der Waals surface area contributed by atoms with Crippen molar-refractivity contribution in [3.8, 4) is 0 Å². The number of hydrogen-bond donors (Lipinski definition) is 0. The van der Waals surface area contributed by atoms with Crippen molar-refractivity contribution in [2.75, 3.05) is 0 Å². The first-order valence-electron chi connectivity index (χ1n) is 1.85. The Labute approximate surface area is 83.2 Å². The molecule has 0 aliphatic heterocycles. The molecule has 1 aromatic rings. The molecular weight excluding hydrogens is 169 g/mol. The predicted molar refractivity (Wildman–Crippen MR) is 30.0 cm³/mol. The van der Waals surface area contributed by atoms with E-state index < -0.39 is 0 Å². The Morgan fingerprint density at radius 2 is 1.22 bits per heavy atom. The second-order valence-corrected chi connectivity index (χ2v) is 1.02. The van der Waals surface area contributed by atoms with E-state index in [0.29, 0.717) is 0 Å². The Morgan fingerprint density at radius 1 is 0.778 bits per heavy atom. The summed E-state index contributed by atoms with van der Waals surface area (Å²) < 4.78 is 0. The molecule has 1 rings (SSSR count). The van der Waals surface area contributed by atoms with Crippen molar-refractivity contribution in [3.63, 3.8) is 0 Å². The molecule has 0 spiro atoms. The van der Waals surface area contributed by atoms with Crippen LogP contribution < -0.4 is 24.8 Å². The van der Waals surface area contributed by atoms with Gasteiger partial charge in [-0.05, 0) is 12.1 Å². The topological polar surface area (TPSA) is 12.9 Å². The van der Waals surface area contributed by atoms with Crippen molar-refractivity contribution in [1.29, 1.82) is 0 Å². The van der Waals surface area contributed by atoms with Gasteiger partial charge in [-0.2, -0.15) is 0 Å². The summed E-state index contributed by atoms with van der Waals surface area (Å²) in [6.07, 6.45) is 3.50. The molecule has 1 nitrogen and oxygen atoms in total. The van der Waals surface area contributed by atoms with E-state index in [9.17, 15) is 0 Å². The van der Waals surface area contributed by atoms with E-state index in [-0.39, 0.29) is 47.9 Å². The number of aromatic nitrogens is 1. The average Bonchev–Trinajstić information content (AvgIpc) is 1.72. The van der Waals surface area contributed by atoms with Crippen molar-refractivity contribution in [2.45, 2.75) is 0 Å². The minimum atomic E-state index is 0. The van der Waals surface area contributed by atoms with Crippen LogP contribution in [0, 0.1) is 0 Å². The quantitative estimate of drug-likeness (QED) is 0.358. The van der Waals surface area contributed by atoms with Crippen molar-refractivity contribution in [2.24, 2.45) is 0 Å². The summed E-state index contributed by atoms with van der Waals surface area (Å²) in [4.78, 5) is 3.78. The number of hydrogen-bond acceptors (Lipinski definition) is 1. The molecule has 9 heavy (non-hydrogen) atoms. The molecule has 0 unspecified atom stereocenters. The van der Waals surface area contributed by atoms with Crippen LogP contribution in [0.2, 0.25) is 0 Å². The van der Waals surface area contributed by atoms with Crippen molar-refractivity contribution in [1.82, 2.24) is 4.98 Å². The van der Waals surface area contributed by atoms with E-state index in [0.717, 1.165) is 0 Å². The van der Waals surface area contributed by atoms with E-state index in [2.05, 4.69) is 4.98 Å². The Bertz CT molecular complexity index is 86.9. The van der Waals surface area contributed by atoms with E-state index in [4.69, 9.17) is 0 Å². The van der Waals surface area contributed by atoms with Gasteiger partial charge in [-0.25, -0.2) is 0 Å². The SMILES string of the molecule is [Cl-].[Cl-].[Mg+2].c1ccncc1. The van der Waals surface area contributed by atoms with E-state index in [1.807, 2.05) is 18.2 Å². The van der Waals surface area contributed by atoms with E-state index in [1.54, 1.807) is 12.4 Å². The second-order valence-electron chi connectivity index (χ2n) is 1.02. The summed E-state index contributed by atoms with van der Waals surface area (Å²) in [6, 6.07) is 5.72. The zero-order chi connectivity index (χ0) is 4.24. The van der Waals surface area contributed by atoms with Crippen LogP contribution in [0.15, 0.2) is 30.6 Å². The fourth-order valence-electron chi connectivity index (χ4n) is 0.313. The fraction of sp³-hybridized carbons (Fsp3) is 0. The maximum absolute atomic E-state index is 3.78. The zero-order valence-corrected chi connectivity index (χ0v) is 7.72. The van der Waals surface area contributed by atoms with Crippen molar-refractivity contribution >= 4 is 23.1 Å². The zero-order valence-electron chi connectivity index (χ0n) is 4.80. The van der Waals surface area contributed by atoms with Gasteiger partial charge >= 0.3 is 23.1 Å². The predicted octanol–water partition coefficient (Wildman–Crippen LogP) is -5.29. The molecule has 46 valence electrons. The minimum Gasteiger partial charge on any atom is -1.00 e. The molecule has 0 radical (unpaired) electrons. The van der Waals surface area contributed by atoms with E-state index >= 15 is 0 Å². The van der Waals surface area contributed by atoms with Gasteiger partial charge in [-0.1, -0.05) is 6.07 Å². The van der Waals surface area contributed by atoms with Gasteiger partial charge in [0.1, 0.15) is 0 Å². The van der Waals surface area contributed by atoms with Gasteiger partial charge < -0.3 is 24.8 Å². The van der Waals surface area contributed by atoms with Crippen LogP contribution in [0.25, 0.3) is 0 Å². The largest absolute Gasteiger partial charge is 2.00 e. The van der Waals surface area contributed by atoms with Crippen molar-refractivity contribution < 1.29 is 24.8 Å². The average molecular weight is 174 g/mol. The molecule has 0 aromatic carbocycles. The molecular formula is C5H5Cl2MgN. The molecule has 1 aromatic heterocycles. The van der Waals surface area contributed by atoms with Crippen LogP contribution >= 0.6 is 0 Å². The third kappa shape index (κ3) is 8.50. The normalized spacial score (nSPS) is 5.33. The molecule has 0 bridgehead atoms. The van der Waals surface area contributed by atoms with Crippen LogP contribution in [0.4, 0.5) is 0 Å². The van der Waals surface area contributed by atoms with Crippen LogP contribution in [0.5, 0.6) is 0 Å². The molecule has 0 atom stereocenters. The van der Waals surface area contributed by atoms with Gasteiger partial charge in [0, 0.05) is 12.4 Å². The number of pyridine rings is 1. The molecule has 0 N–H and O–H groups in total. The van der Waals surface area contributed by atoms with Gasteiger partial charge in [0.2, 0.25) is 0 Å². The molecule has 0 saturated heterocycles. The first kappa shape index (κ1) is 16.2. The smallest absolute Gasteiger partial charge is 1.00 e. The summed E-state index contributed by atoms with van der Waals surface area (Å²) in [5, 5.41) is 0. The minimum absolute atomic E-state index is 0. The van der Waals surface area contributed by atoms with Gasteiger partial charge in [0.25, 0.3) is 0 Å². The Morgan fingerprint density at radius 3 is 1.33 bits per heavy atom. The Balaban J connectivity index is -0.000000120. The summed E-state index contributed by atoms with van der Waals surface area (Å²) in [6.45, 7) is 0. The second kappa shape index (κ2) is 11.3.